The van der Waals surface area contributed by atoms with E-state index in [1.165, 1.54) is 0 Å². The van der Waals surface area contributed by atoms with Gasteiger partial charge in [0.2, 0.25) is 5.91 Å². The number of amides is 1. The van der Waals surface area contributed by atoms with Gasteiger partial charge in [-0.1, -0.05) is 29.8 Å². The van der Waals surface area contributed by atoms with Crippen molar-refractivity contribution in [1.29, 1.82) is 0 Å². The van der Waals surface area contributed by atoms with Gasteiger partial charge in [0.1, 0.15) is 5.58 Å². The topological polar surface area (TPSA) is 42.2 Å². The fourth-order valence-electron chi connectivity index (χ4n) is 2.69. The quantitative estimate of drug-likeness (QED) is 0.748. The average molecular weight is 314 g/mol. The number of furan rings is 1. The summed E-state index contributed by atoms with van der Waals surface area (Å²) in [6.45, 7) is 4.05. The molecule has 0 bridgehead atoms. The molecular formula is C18H16ClNO2. The second-order valence-electron chi connectivity index (χ2n) is 5.42. The molecule has 0 saturated carbocycles. The Morgan fingerprint density at radius 3 is 2.77 bits per heavy atom. The standard InChI is InChI=1S/C18H16ClNO2/c1-11-7-12(2)18-13(10-22-16(18)8-11)9-17(21)20-15-6-4-3-5-14(15)19/h3-8,10H,9H2,1-2H3,(H,20,21). The Balaban J connectivity index is 1.84. The summed E-state index contributed by atoms with van der Waals surface area (Å²) < 4.78 is 5.58. The van der Waals surface area contributed by atoms with Crippen molar-refractivity contribution < 1.29 is 9.21 Å². The van der Waals surface area contributed by atoms with E-state index in [-0.39, 0.29) is 12.3 Å². The third-order valence-electron chi connectivity index (χ3n) is 3.59. The van der Waals surface area contributed by atoms with Crippen LogP contribution >= 0.6 is 11.6 Å². The number of carbonyl (C=O) groups is 1. The van der Waals surface area contributed by atoms with Gasteiger partial charge in [-0.25, -0.2) is 0 Å². The van der Waals surface area contributed by atoms with E-state index < -0.39 is 0 Å². The van der Waals surface area contributed by atoms with E-state index in [9.17, 15) is 4.79 Å². The lowest BCUT2D eigenvalue weighted by Crippen LogP contribution is -2.14. The van der Waals surface area contributed by atoms with Crippen molar-refractivity contribution in [3.8, 4) is 0 Å². The summed E-state index contributed by atoms with van der Waals surface area (Å²) in [6, 6.07) is 11.3. The van der Waals surface area contributed by atoms with Gasteiger partial charge in [0.15, 0.2) is 0 Å². The van der Waals surface area contributed by atoms with E-state index in [1.807, 2.05) is 32.0 Å². The highest BCUT2D eigenvalue weighted by atomic mass is 35.5. The normalized spacial score (nSPS) is 10.9. The molecule has 112 valence electrons. The average Bonchev–Trinajstić information content (AvgIpc) is 2.84. The number of anilines is 1. The molecule has 0 radical (unpaired) electrons. The Hall–Kier alpha value is -2.26. The Kier molecular flexibility index (Phi) is 3.90. The first kappa shape index (κ1) is 14.7. The molecule has 1 aromatic heterocycles. The molecule has 0 aliphatic heterocycles. The van der Waals surface area contributed by atoms with Crippen LogP contribution in [-0.2, 0) is 11.2 Å². The number of rotatable bonds is 3. The van der Waals surface area contributed by atoms with E-state index in [2.05, 4.69) is 11.4 Å². The molecule has 3 aromatic rings. The van der Waals surface area contributed by atoms with Crippen molar-refractivity contribution in [2.45, 2.75) is 20.3 Å². The summed E-state index contributed by atoms with van der Waals surface area (Å²) in [5.74, 6) is -0.115. The minimum Gasteiger partial charge on any atom is -0.464 e. The number of fused-ring (bicyclic) bond motifs is 1. The van der Waals surface area contributed by atoms with Gasteiger partial charge >= 0.3 is 0 Å². The van der Waals surface area contributed by atoms with Gasteiger partial charge in [-0.3, -0.25) is 4.79 Å². The van der Waals surface area contributed by atoms with Crippen molar-refractivity contribution in [1.82, 2.24) is 0 Å². The zero-order chi connectivity index (χ0) is 15.7. The molecule has 0 aliphatic rings. The summed E-state index contributed by atoms with van der Waals surface area (Å²) >= 11 is 6.05. The Morgan fingerprint density at radius 1 is 1.23 bits per heavy atom. The number of hydrogen-bond donors (Lipinski definition) is 1. The second kappa shape index (κ2) is 5.85. The largest absolute Gasteiger partial charge is 0.464 e. The summed E-state index contributed by atoms with van der Waals surface area (Å²) in [4.78, 5) is 12.2. The zero-order valence-electron chi connectivity index (χ0n) is 12.4. The summed E-state index contributed by atoms with van der Waals surface area (Å²) in [7, 11) is 0. The van der Waals surface area contributed by atoms with E-state index in [4.69, 9.17) is 16.0 Å². The molecular weight excluding hydrogens is 298 g/mol. The van der Waals surface area contributed by atoms with E-state index in [0.29, 0.717) is 10.7 Å². The first-order valence-electron chi connectivity index (χ1n) is 7.06. The molecule has 3 nitrogen and oxygen atoms in total. The van der Waals surface area contributed by atoms with Crippen LogP contribution in [0.3, 0.4) is 0 Å². The van der Waals surface area contributed by atoms with Crippen molar-refractivity contribution in [3.05, 3.63) is 64.4 Å². The maximum Gasteiger partial charge on any atom is 0.228 e. The van der Waals surface area contributed by atoms with Crippen LogP contribution in [0, 0.1) is 13.8 Å². The number of halogens is 1. The van der Waals surface area contributed by atoms with Crippen molar-refractivity contribution >= 4 is 34.2 Å². The van der Waals surface area contributed by atoms with Crippen LogP contribution in [0.1, 0.15) is 16.7 Å². The molecule has 0 fully saturated rings. The fourth-order valence-corrected chi connectivity index (χ4v) is 2.87. The summed E-state index contributed by atoms with van der Waals surface area (Å²) in [5.41, 5.74) is 4.58. The maximum absolute atomic E-state index is 12.2. The summed E-state index contributed by atoms with van der Waals surface area (Å²) in [5, 5.41) is 4.37. The van der Waals surface area contributed by atoms with Crippen LogP contribution in [0.5, 0.6) is 0 Å². The molecule has 0 saturated heterocycles. The molecule has 0 atom stereocenters. The third kappa shape index (κ3) is 2.85. The van der Waals surface area contributed by atoms with Crippen molar-refractivity contribution in [3.63, 3.8) is 0 Å². The highest BCUT2D eigenvalue weighted by Crippen LogP contribution is 2.27. The van der Waals surface area contributed by atoms with Gasteiger partial charge in [0, 0.05) is 10.9 Å². The Bertz CT molecular complexity index is 851. The molecule has 4 heteroatoms. The van der Waals surface area contributed by atoms with Crippen LogP contribution in [0.25, 0.3) is 11.0 Å². The fraction of sp³-hybridized carbons (Fsp3) is 0.167. The predicted molar refractivity (Wildman–Crippen MR) is 89.5 cm³/mol. The monoisotopic (exact) mass is 313 g/mol. The molecule has 2 aromatic carbocycles. The van der Waals surface area contributed by atoms with Crippen LogP contribution in [0.4, 0.5) is 5.69 Å². The molecule has 22 heavy (non-hydrogen) atoms. The molecule has 0 spiro atoms. The molecule has 1 amide bonds. The van der Waals surface area contributed by atoms with Gasteiger partial charge in [-0.15, -0.1) is 0 Å². The summed E-state index contributed by atoms with van der Waals surface area (Å²) in [6.07, 6.45) is 1.91. The first-order valence-corrected chi connectivity index (χ1v) is 7.44. The third-order valence-corrected chi connectivity index (χ3v) is 3.92. The SMILES string of the molecule is Cc1cc(C)c2c(CC(=O)Nc3ccccc3Cl)coc2c1. The van der Waals surface area contributed by atoms with Gasteiger partial charge in [0.25, 0.3) is 0 Å². The first-order chi connectivity index (χ1) is 10.5. The van der Waals surface area contributed by atoms with Crippen LogP contribution in [-0.4, -0.2) is 5.91 Å². The number of para-hydroxylation sites is 1. The van der Waals surface area contributed by atoms with Gasteiger partial charge in [-0.2, -0.15) is 0 Å². The van der Waals surface area contributed by atoms with Gasteiger partial charge in [0.05, 0.1) is 23.4 Å². The number of hydrogen-bond acceptors (Lipinski definition) is 2. The number of nitrogens with one attached hydrogen (secondary N) is 1. The van der Waals surface area contributed by atoms with Crippen molar-refractivity contribution in [2.24, 2.45) is 0 Å². The molecule has 1 heterocycles. The number of benzene rings is 2. The smallest absolute Gasteiger partial charge is 0.228 e. The maximum atomic E-state index is 12.2. The predicted octanol–water partition coefficient (Wildman–Crippen LogP) is 4.88. The zero-order valence-corrected chi connectivity index (χ0v) is 13.2. The number of aryl methyl sites for hydroxylation is 2. The second-order valence-corrected chi connectivity index (χ2v) is 5.83. The molecule has 3 rings (SSSR count). The van der Waals surface area contributed by atoms with E-state index >= 15 is 0 Å². The minimum atomic E-state index is -0.115. The minimum absolute atomic E-state index is 0.115. The lowest BCUT2D eigenvalue weighted by atomic mass is 10.0. The highest BCUT2D eigenvalue weighted by molar-refractivity contribution is 6.33. The lowest BCUT2D eigenvalue weighted by Gasteiger charge is -2.07. The Labute approximate surface area is 133 Å². The van der Waals surface area contributed by atoms with Crippen LogP contribution in [0.2, 0.25) is 5.02 Å². The van der Waals surface area contributed by atoms with E-state index in [1.54, 1.807) is 18.4 Å². The van der Waals surface area contributed by atoms with Crippen LogP contribution < -0.4 is 5.32 Å². The van der Waals surface area contributed by atoms with Crippen LogP contribution in [0.15, 0.2) is 47.1 Å². The van der Waals surface area contributed by atoms with Crippen molar-refractivity contribution in [2.75, 3.05) is 5.32 Å². The number of carbonyl (C=O) groups excluding carboxylic acids is 1. The molecule has 0 aliphatic carbocycles. The van der Waals surface area contributed by atoms with Gasteiger partial charge < -0.3 is 9.73 Å². The van der Waals surface area contributed by atoms with E-state index in [0.717, 1.165) is 27.7 Å². The Morgan fingerprint density at radius 2 is 2.00 bits per heavy atom. The highest BCUT2D eigenvalue weighted by Gasteiger charge is 2.13. The lowest BCUT2D eigenvalue weighted by molar-refractivity contribution is -0.115. The molecule has 1 N–H and O–H groups in total. The van der Waals surface area contributed by atoms with Gasteiger partial charge in [-0.05, 0) is 43.2 Å². The molecule has 0 unspecified atom stereocenters.